The molecule has 1 aromatic rings. The molecule has 4 aliphatic rings. The van der Waals surface area contributed by atoms with E-state index in [0.717, 1.165) is 25.7 Å². The van der Waals surface area contributed by atoms with E-state index in [9.17, 15) is 37.8 Å². The first-order chi connectivity index (χ1) is 19.0. The Morgan fingerprint density at radius 2 is 2.02 bits per heavy atom. The van der Waals surface area contributed by atoms with Crippen LogP contribution in [0.3, 0.4) is 0 Å². The summed E-state index contributed by atoms with van der Waals surface area (Å²) in [6.45, 7) is -2.10. The number of benzene rings is 1. The number of amides is 2. The van der Waals surface area contributed by atoms with Gasteiger partial charge in [0.05, 0.1) is 25.7 Å². The number of aliphatic hydroxyl groups is 2. The van der Waals surface area contributed by atoms with Crippen molar-refractivity contribution in [1.82, 2.24) is 10.2 Å². The summed E-state index contributed by atoms with van der Waals surface area (Å²) in [6, 6.07) is 1.38. The summed E-state index contributed by atoms with van der Waals surface area (Å²) in [4.78, 5) is 38.9. The van der Waals surface area contributed by atoms with E-state index in [-0.39, 0.29) is 48.1 Å². The average Bonchev–Trinajstić information content (AvgIpc) is 3.64. The molecule has 1 heterocycles. The lowest BCUT2D eigenvalue weighted by molar-refractivity contribution is -0.171. The lowest BCUT2D eigenvalue weighted by Crippen LogP contribution is -2.57. The topological polar surface area (TPSA) is 125 Å². The minimum absolute atomic E-state index is 0.00947. The lowest BCUT2D eigenvalue weighted by Gasteiger charge is -2.41. The van der Waals surface area contributed by atoms with Crippen LogP contribution < -0.4 is 14.8 Å². The fourth-order valence-corrected chi connectivity index (χ4v) is 7.08. The Labute approximate surface area is 229 Å². The number of hydrogen-bond acceptors (Lipinski definition) is 7. The minimum Gasteiger partial charge on any atom is -0.493 e. The zero-order valence-corrected chi connectivity index (χ0v) is 22.0. The molecule has 40 heavy (non-hydrogen) atoms. The van der Waals surface area contributed by atoms with Crippen LogP contribution in [-0.2, 0) is 9.59 Å². The molecule has 1 aromatic carbocycles. The van der Waals surface area contributed by atoms with Crippen LogP contribution in [0.25, 0.3) is 0 Å². The van der Waals surface area contributed by atoms with Gasteiger partial charge in [0.2, 0.25) is 11.8 Å². The summed E-state index contributed by atoms with van der Waals surface area (Å²) in [7, 11) is 1.35. The maximum absolute atomic E-state index is 13.8. The van der Waals surface area contributed by atoms with Gasteiger partial charge in [-0.05, 0) is 55.2 Å². The standard InChI is InChI=1S/C28H33F3N2O7/c1-39-21-9-15(12-35)8-18-23-19(27(38)32-4-5-34)11-20(24(37)26(23)40-25(18)21)33(13-28(29,30)31)22(36)10-17-7-14-2-3-16(17)6-14/h8-9,11-12,14,16-17,20,23-24,26,34,37H,2-7,10,13H2,1H3,(H,32,38)/t14?,16?,17?,20-,23+,24+,26+/m1/s1. The van der Waals surface area contributed by atoms with E-state index < -0.39 is 48.7 Å². The van der Waals surface area contributed by atoms with E-state index in [0.29, 0.717) is 28.6 Å². The maximum atomic E-state index is 13.8. The summed E-state index contributed by atoms with van der Waals surface area (Å²) in [6.07, 6.45) is -2.08. The molecule has 2 amide bonds. The van der Waals surface area contributed by atoms with Crippen LogP contribution in [0, 0.1) is 17.8 Å². The number of carbonyl (C=O) groups excluding carboxylic acids is 3. The van der Waals surface area contributed by atoms with Crippen LogP contribution in [0.5, 0.6) is 11.5 Å². The van der Waals surface area contributed by atoms with Crippen molar-refractivity contribution in [2.45, 2.75) is 62.4 Å². The highest BCUT2D eigenvalue weighted by atomic mass is 19.4. The molecule has 218 valence electrons. The van der Waals surface area contributed by atoms with Gasteiger partial charge in [-0.3, -0.25) is 14.4 Å². The second-order valence-electron chi connectivity index (χ2n) is 11.2. The molecule has 2 bridgehead atoms. The van der Waals surface area contributed by atoms with Gasteiger partial charge in [-0.2, -0.15) is 13.2 Å². The summed E-state index contributed by atoms with van der Waals surface area (Å²) >= 11 is 0. The van der Waals surface area contributed by atoms with Crippen molar-refractivity contribution in [3.05, 3.63) is 34.9 Å². The minimum atomic E-state index is -4.75. The number of methoxy groups -OCH3 is 1. The zero-order valence-electron chi connectivity index (χ0n) is 22.0. The van der Waals surface area contributed by atoms with Crippen LogP contribution in [-0.4, -0.2) is 84.4 Å². The predicted octanol–water partition coefficient (Wildman–Crippen LogP) is 2.35. The molecule has 0 saturated heterocycles. The molecular weight excluding hydrogens is 533 g/mol. The summed E-state index contributed by atoms with van der Waals surface area (Å²) in [5.74, 6) is -1.28. The van der Waals surface area contributed by atoms with Gasteiger partial charge in [0.15, 0.2) is 11.5 Å². The Bertz CT molecular complexity index is 1200. The molecule has 2 fully saturated rings. The number of fused-ring (bicyclic) bond motifs is 5. The van der Waals surface area contributed by atoms with Crippen molar-refractivity contribution >= 4 is 18.1 Å². The maximum Gasteiger partial charge on any atom is 0.406 e. The van der Waals surface area contributed by atoms with Crippen LogP contribution in [0.15, 0.2) is 23.8 Å². The third-order valence-corrected chi connectivity index (χ3v) is 8.76. The molecular formula is C28H33F3N2O7. The van der Waals surface area contributed by atoms with Crippen LogP contribution >= 0.6 is 0 Å². The zero-order chi connectivity index (χ0) is 28.8. The summed E-state index contributed by atoms with van der Waals surface area (Å²) in [5, 5.41) is 23.2. The van der Waals surface area contributed by atoms with Gasteiger partial charge in [0.25, 0.3) is 0 Å². The van der Waals surface area contributed by atoms with Crippen molar-refractivity contribution in [3.63, 3.8) is 0 Å². The molecule has 0 radical (unpaired) electrons. The lowest BCUT2D eigenvalue weighted by atomic mass is 9.77. The SMILES string of the molecule is COc1cc(C=O)cc2c1O[C@@H]1[C@@H](O)[C@H](N(CC(F)(F)F)C(=O)CC3CC4CCC3C4)C=C(C(=O)NCCO)[C@H]21. The molecule has 0 aromatic heterocycles. The van der Waals surface area contributed by atoms with Crippen molar-refractivity contribution in [2.24, 2.45) is 17.8 Å². The number of carbonyl (C=O) groups is 3. The van der Waals surface area contributed by atoms with Crippen LogP contribution in [0.2, 0.25) is 0 Å². The molecule has 7 atom stereocenters. The van der Waals surface area contributed by atoms with E-state index in [4.69, 9.17) is 9.47 Å². The van der Waals surface area contributed by atoms with Crippen molar-refractivity contribution in [3.8, 4) is 11.5 Å². The number of rotatable bonds is 9. The van der Waals surface area contributed by atoms with E-state index in [2.05, 4.69) is 5.32 Å². The smallest absolute Gasteiger partial charge is 0.406 e. The Hall–Kier alpha value is -3.12. The van der Waals surface area contributed by atoms with Crippen LogP contribution in [0.1, 0.15) is 53.9 Å². The number of nitrogens with one attached hydrogen (secondary N) is 1. The van der Waals surface area contributed by atoms with Gasteiger partial charge >= 0.3 is 6.18 Å². The number of nitrogens with zero attached hydrogens (tertiary/aromatic N) is 1. The second kappa shape index (κ2) is 11.0. The number of hydrogen-bond donors (Lipinski definition) is 3. The van der Waals surface area contributed by atoms with Gasteiger partial charge in [0.1, 0.15) is 25.0 Å². The van der Waals surface area contributed by atoms with E-state index >= 15 is 0 Å². The molecule has 3 aliphatic carbocycles. The third-order valence-electron chi connectivity index (χ3n) is 8.76. The van der Waals surface area contributed by atoms with Gasteiger partial charge in [-0.1, -0.05) is 6.42 Å². The third kappa shape index (κ3) is 5.30. The Morgan fingerprint density at radius 3 is 2.62 bits per heavy atom. The highest BCUT2D eigenvalue weighted by Crippen LogP contribution is 2.52. The Kier molecular flexibility index (Phi) is 7.84. The van der Waals surface area contributed by atoms with E-state index in [1.165, 1.54) is 25.3 Å². The number of alkyl halides is 3. The molecule has 3 N–H and O–H groups in total. The molecule has 0 spiro atoms. The van der Waals surface area contributed by atoms with E-state index in [1.54, 1.807) is 0 Å². The predicted molar refractivity (Wildman–Crippen MR) is 135 cm³/mol. The van der Waals surface area contributed by atoms with E-state index in [1.807, 2.05) is 0 Å². The van der Waals surface area contributed by atoms with Crippen LogP contribution in [0.4, 0.5) is 13.2 Å². The molecule has 1 aliphatic heterocycles. The molecule has 3 unspecified atom stereocenters. The number of ether oxygens (including phenoxy) is 2. The fourth-order valence-electron chi connectivity index (χ4n) is 7.08. The number of aliphatic hydroxyl groups excluding tert-OH is 2. The first-order valence-electron chi connectivity index (χ1n) is 13.5. The first-order valence-corrected chi connectivity index (χ1v) is 13.5. The average molecular weight is 567 g/mol. The summed E-state index contributed by atoms with van der Waals surface area (Å²) < 4.78 is 52.8. The van der Waals surface area contributed by atoms with Crippen molar-refractivity contribution in [1.29, 1.82) is 0 Å². The monoisotopic (exact) mass is 566 g/mol. The highest BCUT2D eigenvalue weighted by molar-refractivity contribution is 5.96. The Balaban J connectivity index is 1.54. The highest BCUT2D eigenvalue weighted by Gasteiger charge is 2.53. The van der Waals surface area contributed by atoms with Crippen molar-refractivity contribution < 1.29 is 47.2 Å². The van der Waals surface area contributed by atoms with Crippen molar-refractivity contribution in [2.75, 3.05) is 26.8 Å². The Morgan fingerprint density at radius 1 is 1.25 bits per heavy atom. The van der Waals surface area contributed by atoms with Gasteiger partial charge in [-0.25, -0.2) is 0 Å². The van der Waals surface area contributed by atoms with Gasteiger partial charge in [-0.15, -0.1) is 0 Å². The first kappa shape index (κ1) is 28.4. The molecule has 2 saturated carbocycles. The molecule has 9 nitrogen and oxygen atoms in total. The largest absolute Gasteiger partial charge is 0.493 e. The van der Waals surface area contributed by atoms with Gasteiger partial charge in [0, 0.05) is 29.7 Å². The number of aldehydes is 1. The molecule has 5 rings (SSSR count). The normalized spacial score (nSPS) is 30.1. The molecule has 12 heteroatoms. The van der Waals surface area contributed by atoms with Gasteiger partial charge < -0.3 is 29.9 Å². The quantitative estimate of drug-likeness (QED) is 0.392. The fraction of sp³-hybridized carbons (Fsp3) is 0.607. The second-order valence-corrected chi connectivity index (χ2v) is 11.2. The summed E-state index contributed by atoms with van der Waals surface area (Å²) in [5.41, 5.74) is 0.536. The number of halogens is 3.